The van der Waals surface area contributed by atoms with Crippen LogP contribution >= 0.6 is 11.8 Å². The molecule has 0 atom stereocenters. The first kappa shape index (κ1) is 14.3. The molecule has 0 aliphatic carbocycles. The maximum absolute atomic E-state index is 4.41. The Morgan fingerprint density at radius 1 is 1.00 bits per heavy atom. The standard InChI is InChI=1S/C16H17N3S/c1-13(14-9-5-3-6-10-14)18-19-16(20-2)17-15-11-7-4-8-12-15/h3-12H,1-2H3,(H,17,19)/p+1. The highest BCUT2D eigenvalue weighted by molar-refractivity contribution is 8.12. The van der Waals surface area contributed by atoms with Crippen molar-refractivity contribution in [3.63, 3.8) is 0 Å². The van der Waals surface area contributed by atoms with Crippen molar-refractivity contribution in [3.05, 3.63) is 66.2 Å². The smallest absolute Gasteiger partial charge is 0.233 e. The molecule has 2 aromatic carbocycles. The van der Waals surface area contributed by atoms with Gasteiger partial charge in [-0.1, -0.05) is 53.6 Å². The SMILES string of the molecule is CSC(NN=C(C)c1ccccc1)=[NH+]c1ccccc1. The number of hydrogen-bond donors (Lipinski definition) is 2. The van der Waals surface area contributed by atoms with Crippen LogP contribution in [-0.4, -0.2) is 17.1 Å². The summed E-state index contributed by atoms with van der Waals surface area (Å²) in [6.45, 7) is 1.99. The number of para-hydroxylation sites is 1. The molecule has 2 N–H and O–H groups in total. The molecule has 0 saturated carbocycles. The fourth-order valence-corrected chi connectivity index (χ4v) is 2.01. The summed E-state index contributed by atoms with van der Waals surface area (Å²) in [5, 5.41) is 5.30. The van der Waals surface area contributed by atoms with Crippen LogP contribution in [0.2, 0.25) is 0 Å². The maximum atomic E-state index is 4.41. The monoisotopic (exact) mass is 284 g/mol. The van der Waals surface area contributed by atoms with E-state index >= 15 is 0 Å². The average molecular weight is 284 g/mol. The van der Waals surface area contributed by atoms with Crippen molar-refractivity contribution in [1.82, 2.24) is 5.43 Å². The highest BCUT2D eigenvalue weighted by Crippen LogP contribution is 2.00. The molecule has 0 aliphatic heterocycles. The van der Waals surface area contributed by atoms with Gasteiger partial charge in [0, 0.05) is 0 Å². The first-order chi connectivity index (χ1) is 9.79. The second kappa shape index (κ2) is 7.50. The van der Waals surface area contributed by atoms with Crippen LogP contribution in [0.15, 0.2) is 65.8 Å². The number of nitrogens with one attached hydrogen (secondary N) is 2. The second-order valence-corrected chi connectivity index (χ2v) is 5.02. The summed E-state index contributed by atoms with van der Waals surface area (Å²) in [6.07, 6.45) is 2.01. The van der Waals surface area contributed by atoms with E-state index in [0.717, 1.165) is 22.1 Å². The highest BCUT2D eigenvalue weighted by atomic mass is 32.2. The van der Waals surface area contributed by atoms with Crippen LogP contribution in [0.4, 0.5) is 5.69 Å². The topological polar surface area (TPSA) is 38.4 Å². The van der Waals surface area contributed by atoms with Crippen molar-refractivity contribution in [3.8, 4) is 0 Å². The highest BCUT2D eigenvalue weighted by Gasteiger charge is 2.05. The summed E-state index contributed by atoms with van der Waals surface area (Å²) in [5.74, 6) is 0. The van der Waals surface area contributed by atoms with Crippen LogP contribution < -0.4 is 10.4 Å². The number of rotatable bonds is 3. The van der Waals surface area contributed by atoms with Gasteiger partial charge < -0.3 is 0 Å². The van der Waals surface area contributed by atoms with Crippen LogP contribution in [0.3, 0.4) is 0 Å². The molecule has 0 fully saturated rings. The third-order valence-electron chi connectivity index (χ3n) is 2.75. The molecule has 0 aliphatic rings. The molecule has 102 valence electrons. The van der Waals surface area contributed by atoms with E-state index in [4.69, 9.17) is 0 Å². The van der Waals surface area contributed by atoms with Crippen LogP contribution in [0.1, 0.15) is 12.5 Å². The van der Waals surface area contributed by atoms with Crippen LogP contribution in [0, 0.1) is 0 Å². The van der Waals surface area contributed by atoms with Crippen molar-refractivity contribution < 1.29 is 4.99 Å². The molecule has 0 amide bonds. The normalized spacial score (nSPS) is 12.3. The average Bonchev–Trinajstić information content (AvgIpc) is 2.53. The zero-order chi connectivity index (χ0) is 14.2. The van der Waals surface area contributed by atoms with Crippen LogP contribution in [0.25, 0.3) is 0 Å². The minimum atomic E-state index is 0.895. The summed E-state index contributed by atoms with van der Waals surface area (Å²) in [7, 11) is 0. The fourth-order valence-electron chi connectivity index (χ4n) is 1.66. The van der Waals surface area contributed by atoms with E-state index in [1.165, 1.54) is 0 Å². The van der Waals surface area contributed by atoms with Gasteiger partial charge in [0.05, 0.1) is 5.71 Å². The summed E-state index contributed by atoms with van der Waals surface area (Å²) in [6, 6.07) is 20.1. The molecule has 0 aromatic heterocycles. The Kier molecular flexibility index (Phi) is 5.38. The Morgan fingerprint density at radius 2 is 1.60 bits per heavy atom. The molecular weight excluding hydrogens is 266 g/mol. The van der Waals surface area contributed by atoms with Gasteiger partial charge in [0.25, 0.3) is 0 Å². The van der Waals surface area contributed by atoms with Gasteiger partial charge in [-0.3, -0.25) is 0 Å². The van der Waals surface area contributed by atoms with Crippen molar-refractivity contribution in [2.45, 2.75) is 6.92 Å². The van der Waals surface area contributed by atoms with E-state index in [2.05, 4.69) is 15.5 Å². The quantitative estimate of drug-likeness (QED) is 0.515. The molecule has 0 radical (unpaired) electrons. The molecule has 2 aromatic rings. The zero-order valence-electron chi connectivity index (χ0n) is 11.6. The minimum Gasteiger partial charge on any atom is -0.233 e. The van der Waals surface area contributed by atoms with Gasteiger partial charge in [0.2, 0.25) is 0 Å². The predicted molar refractivity (Wildman–Crippen MR) is 87.4 cm³/mol. The molecule has 20 heavy (non-hydrogen) atoms. The number of thioether (sulfide) groups is 1. The maximum Gasteiger partial charge on any atom is 0.334 e. The summed E-state index contributed by atoms with van der Waals surface area (Å²) < 4.78 is 0. The lowest BCUT2D eigenvalue weighted by molar-refractivity contribution is -0.352. The van der Waals surface area contributed by atoms with E-state index in [1.54, 1.807) is 11.8 Å². The largest absolute Gasteiger partial charge is 0.334 e. The van der Waals surface area contributed by atoms with Gasteiger partial charge >= 0.3 is 5.17 Å². The van der Waals surface area contributed by atoms with Gasteiger partial charge in [-0.15, -0.1) is 5.43 Å². The molecule has 0 heterocycles. The molecule has 0 saturated heterocycles. The van der Waals surface area contributed by atoms with E-state index in [0.29, 0.717) is 0 Å². The number of hydrogen-bond acceptors (Lipinski definition) is 2. The van der Waals surface area contributed by atoms with Crippen molar-refractivity contribution >= 4 is 28.3 Å². The number of benzene rings is 2. The van der Waals surface area contributed by atoms with Gasteiger partial charge in [0.1, 0.15) is 5.69 Å². The van der Waals surface area contributed by atoms with Gasteiger partial charge in [-0.25, -0.2) is 4.99 Å². The Bertz CT molecular complexity index is 592. The summed E-state index contributed by atoms with van der Waals surface area (Å²) in [4.78, 5) is 3.30. The molecule has 2 rings (SSSR count). The zero-order valence-corrected chi connectivity index (χ0v) is 12.4. The molecule has 3 nitrogen and oxygen atoms in total. The molecule has 0 unspecified atom stereocenters. The van der Waals surface area contributed by atoms with Gasteiger partial charge in [0.15, 0.2) is 0 Å². The molecular formula is C16H18N3S+. The molecule has 0 bridgehead atoms. The summed E-state index contributed by atoms with van der Waals surface area (Å²) >= 11 is 1.59. The Balaban J connectivity index is 2.10. The molecule has 4 heteroatoms. The Labute approximate surface area is 123 Å². The van der Waals surface area contributed by atoms with E-state index < -0.39 is 0 Å². The predicted octanol–water partition coefficient (Wildman–Crippen LogP) is 2.13. The fraction of sp³-hybridized carbons (Fsp3) is 0.125. The Morgan fingerprint density at radius 3 is 2.20 bits per heavy atom. The van der Waals surface area contributed by atoms with E-state index in [-0.39, 0.29) is 0 Å². The van der Waals surface area contributed by atoms with Gasteiger partial charge in [-0.05, 0) is 42.6 Å². The first-order valence-corrected chi connectivity index (χ1v) is 7.61. The van der Waals surface area contributed by atoms with E-state index in [9.17, 15) is 0 Å². The summed E-state index contributed by atoms with van der Waals surface area (Å²) in [5.41, 5.74) is 6.17. The lowest BCUT2D eigenvalue weighted by Crippen LogP contribution is -2.68. The van der Waals surface area contributed by atoms with Gasteiger partial charge in [-0.2, -0.15) is 0 Å². The lowest BCUT2D eigenvalue weighted by Gasteiger charge is -1.99. The second-order valence-electron chi connectivity index (χ2n) is 4.20. The minimum absolute atomic E-state index is 0.895. The van der Waals surface area contributed by atoms with Crippen molar-refractivity contribution in [1.29, 1.82) is 0 Å². The first-order valence-electron chi connectivity index (χ1n) is 6.38. The lowest BCUT2D eigenvalue weighted by atomic mass is 10.1. The molecule has 0 spiro atoms. The van der Waals surface area contributed by atoms with Crippen molar-refractivity contribution in [2.75, 3.05) is 6.26 Å². The Hall–Kier alpha value is -2.07. The number of hydrazone groups is 1. The third kappa shape index (κ3) is 4.24. The van der Waals surface area contributed by atoms with Crippen molar-refractivity contribution in [2.24, 2.45) is 5.10 Å². The number of nitrogens with zero attached hydrogens (tertiary/aromatic N) is 1. The number of amidine groups is 1. The van der Waals surface area contributed by atoms with Crippen LogP contribution in [0.5, 0.6) is 0 Å². The third-order valence-corrected chi connectivity index (χ3v) is 3.35. The van der Waals surface area contributed by atoms with Crippen LogP contribution in [-0.2, 0) is 0 Å². The van der Waals surface area contributed by atoms with E-state index in [1.807, 2.05) is 73.8 Å².